The first-order valence-electron chi connectivity index (χ1n) is 8.48. The molecule has 0 bridgehead atoms. The summed E-state index contributed by atoms with van der Waals surface area (Å²) in [7, 11) is 0. The molecular weight excluding hydrogens is 316 g/mol. The van der Waals surface area contributed by atoms with Crippen LogP contribution >= 0.6 is 0 Å². The number of nitrogens with one attached hydrogen (secondary N) is 1. The molecule has 0 aliphatic rings. The third kappa shape index (κ3) is 4.59. The number of nitrogens with zero attached hydrogens (tertiary/aromatic N) is 1. The quantitative estimate of drug-likeness (QED) is 0.717. The minimum atomic E-state index is 0.0162. The highest BCUT2D eigenvalue weighted by Crippen LogP contribution is 2.17. The topological polar surface area (TPSA) is 64.4 Å². The summed E-state index contributed by atoms with van der Waals surface area (Å²) in [6, 6.07) is 13.6. The molecule has 5 heteroatoms. The summed E-state index contributed by atoms with van der Waals surface area (Å²) < 4.78 is 10.9. The van der Waals surface area contributed by atoms with Crippen molar-refractivity contribution >= 4 is 17.0 Å². The van der Waals surface area contributed by atoms with Crippen LogP contribution in [0.5, 0.6) is 5.75 Å². The molecule has 0 aliphatic carbocycles. The van der Waals surface area contributed by atoms with E-state index in [0.717, 1.165) is 34.4 Å². The Morgan fingerprint density at radius 2 is 1.92 bits per heavy atom. The number of benzene rings is 2. The van der Waals surface area contributed by atoms with Gasteiger partial charge in [-0.3, -0.25) is 4.79 Å². The van der Waals surface area contributed by atoms with E-state index >= 15 is 0 Å². The van der Waals surface area contributed by atoms with Crippen LogP contribution in [0.3, 0.4) is 0 Å². The normalized spacial score (nSPS) is 10.8. The number of hydrogen-bond acceptors (Lipinski definition) is 4. The van der Waals surface area contributed by atoms with Gasteiger partial charge >= 0.3 is 0 Å². The number of carbonyl (C=O) groups excluding carboxylic acids is 1. The predicted molar refractivity (Wildman–Crippen MR) is 96.8 cm³/mol. The Labute approximate surface area is 147 Å². The molecule has 0 radical (unpaired) electrons. The van der Waals surface area contributed by atoms with Gasteiger partial charge in [-0.05, 0) is 48.7 Å². The van der Waals surface area contributed by atoms with Crippen LogP contribution in [0, 0.1) is 6.92 Å². The average Bonchev–Trinajstić information content (AvgIpc) is 2.96. The summed E-state index contributed by atoms with van der Waals surface area (Å²) >= 11 is 0. The molecule has 0 unspecified atom stereocenters. The molecule has 1 amide bonds. The highest BCUT2D eigenvalue weighted by molar-refractivity contribution is 5.78. The monoisotopic (exact) mass is 338 g/mol. The van der Waals surface area contributed by atoms with Gasteiger partial charge < -0.3 is 14.5 Å². The fourth-order valence-corrected chi connectivity index (χ4v) is 2.71. The van der Waals surface area contributed by atoms with E-state index in [1.807, 2.05) is 56.3 Å². The maximum Gasteiger partial charge on any atom is 0.224 e. The van der Waals surface area contributed by atoms with Crippen LogP contribution in [0.2, 0.25) is 0 Å². The van der Waals surface area contributed by atoms with Crippen molar-refractivity contribution in [1.29, 1.82) is 0 Å². The Balaban J connectivity index is 1.48. The molecule has 2 aromatic carbocycles. The van der Waals surface area contributed by atoms with Gasteiger partial charge in [-0.25, -0.2) is 4.98 Å². The lowest BCUT2D eigenvalue weighted by atomic mass is 10.1. The Morgan fingerprint density at radius 3 is 2.68 bits per heavy atom. The first-order chi connectivity index (χ1) is 12.1. The van der Waals surface area contributed by atoms with Crippen molar-refractivity contribution in [1.82, 2.24) is 10.3 Å². The molecule has 0 spiro atoms. The molecule has 0 saturated heterocycles. The number of carbonyl (C=O) groups is 1. The molecule has 3 aromatic rings. The van der Waals surface area contributed by atoms with Gasteiger partial charge in [0.2, 0.25) is 5.91 Å². The molecule has 0 aliphatic heterocycles. The Kier molecular flexibility index (Phi) is 5.33. The largest absolute Gasteiger partial charge is 0.494 e. The fourth-order valence-electron chi connectivity index (χ4n) is 2.71. The summed E-state index contributed by atoms with van der Waals surface area (Å²) in [4.78, 5) is 16.4. The van der Waals surface area contributed by atoms with Crippen molar-refractivity contribution in [3.63, 3.8) is 0 Å². The summed E-state index contributed by atoms with van der Waals surface area (Å²) in [5, 5.41) is 2.96. The van der Waals surface area contributed by atoms with Crippen molar-refractivity contribution in [2.24, 2.45) is 0 Å². The van der Waals surface area contributed by atoms with Crippen molar-refractivity contribution in [3.8, 4) is 5.75 Å². The van der Waals surface area contributed by atoms with Crippen LogP contribution in [0.15, 0.2) is 46.9 Å². The van der Waals surface area contributed by atoms with Crippen molar-refractivity contribution in [3.05, 3.63) is 59.5 Å². The van der Waals surface area contributed by atoms with Gasteiger partial charge in [0, 0.05) is 13.5 Å². The lowest BCUT2D eigenvalue weighted by Gasteiger charge is -2.07. The summed E-state index contributed by atoms with van der Waals surface area (Å²) in [5.41, 5.74) is 3.75. The number of fused-ring (bicyclic) bond motifs is 1. The molecule has 5 nitrogen and oxygen atoms in total. The second-order valence-electron chi connectivity index (χ2n) is 5.89. The summed E-state index contributed by atoms with van der Waals surface area (Å²) in [6.07, 6.45) is 1.13. The number of aryl methyl sites for hydroxylation is 1. The van der Waals surface area contributed by atoms with Crippen molar-refractivity contribution in [2.45, 2.75) is 26.7 Å². The fraction of sp³-hybridized carbons (Fsp3) is 0.300. The van der Waals surface area contributed by atoms with E-state index in [0.29, 0.717) is 25.5 Å². The van der Waals surface area contributed by atoms with Crippen LogP contribution in [0.1, 0.15) is 23.9 Å². The second-order valence-corrected chi connectivity index (χ2v) is 5.89. The Hall–Kier alpha value is -2.82. The molecule has 0 saturated carbocycles. The number of hydrogen-bond donors (Lipinski definition) is 1. The first-order valence-corrected chi connectivity index (χ1v) is 8.48. The molecular formula is C20H22N2O3. The third-order valence-electron chi connectivity index (χ3n) is 3.89. The summed E-state index contributed by atoms with van der Waals surface area (Å²) in [6.45, 7) is 5.02. The minimum absolute atomic E-state index is 0.0162. The number of ether oxygens (including phenoxy) is 1. The number of rotatable bonds is 7. The van der Waals surface area contributed by atoms with Gasteiger partial charge in [0.1, 0.15) is 11.3 Å². The average molecular weight is 338 g/mol. The molecule has 130 valence electrons. The van der Waals surface area contributed by atoms with Gasteiger partial charge in [-0.15, -0.1) is 0 Å². The maximum absolute atomic E-state index is 12.1. The number of amides is 1. The van der Waals surface area contributed by atoms with Gasteiger partial charge in [-0.2, -0.15) is 0 Å². The van der Waals surface area contributed by atoms with Crippen LogP contribution < -0.4 is 10.1 Å². The molecule has 0 atom stereocenters. The zero-order valence-corrected chi connectivity index (χ0v) is 14.5. The predicted octanol–water partition coefficient (Wildman–Crippen LogP) is 3.44. The highest BCUT2D eigenvalue weighted by Gasteiger charge is 2.06. The lowest BCUT2D eigenvalue weighted by molar-refractivity contribution is -0.120. The Bertz CT molecular complexity index is 853. The standard InChI is InChI=1S/C20H22N2O3/c1-3-24-17-7-4-15(5-8-17)13-20(23)21-11-10-16-6-9-19-18(12-16)22-14(2)25-19/h4-9,12H,3,10-11,13H2,1-2H3,(H,21,23). The molecule has 1 aromatic heterocycles. The van der Waals surface area contributed by atoms with Crippen LogP contribution in [-0.2, 0) is 17.6 Å². The van der Waals surface area contributed by atoms with Gasteiger partial charge in [0.15, 0.2) is 11.5 Å². The molecule has 3 rings (SSSR count). The molecule has 25 heavy (non-hydrogen) atoms. The van der Waals surface area contributed by atoms with Crippen LogP contribution in [0.25, 0.3) is 11.1 Å². The van der Waals surface area contributed by atoms with Gasteiger partial charge in [0.25, 0.3) is 0 Å². The maximum atomic E-state index is 12.1. The number of oxazole rings is 1. The minimum Gasteiger partial charge on any atom is -0.494 e. The molecule has 0 fully saturated rings. The van der Waals surface area contributed by atoms with Crippen molar-refractivity contribution in [2.75, 3.05) is 13.2 Å². The number of aromatic nitrogens is 1. The van der Waals surface area contributed by atoms with E-state index in [-0.39, 0.29) is 5.91 Å². The van der Waals surface area contributed by atoms with E-state index in [9.17, 15) is 4.79 Å². The zero-order valence-electron chi connectivity index (χ0n) is 14.5. The van der Waals surface area contributed by atoms with Gasteiger partial charge in [0.05, 0.1) is 13.0 Å². The van der Waals surface area contributed by atoms with E-state index in [1.165, 1.54) is 0 Å². The Morgan fingerprint density at radius 1 is 1.16 bits per heavy atom. The lowest BCUT2D eigenvalue weighted by Crippen LogP contribution is -2.27. The van der Waals surface area contributed by atoms with E-state index in [2.05, 4.69) is 10.3 Å². The SMILES string of the molecule is CCOc1ccc(CC(=O)NCCc2ccc3oc(C)nc3c2)cc1. The van der Waals surface area contributed by atoms with Crippen LogP contribution in [-0.4, -0.2) is 24.0 Å². The van der Waals surface area contributed by atoms with Crippen LogP contribution in [0.4, 0.5) is 0 Å². The van der Waals surface area contributed by atoms with E-state index < -0.39 is 0 Å². The van der Waals surface area contributed by atoms with Crippen molar-refractivity contribution < 1.29 is 13.9 Å². The highest BCUT2D eigenvalue weighted by atomic mass is 16.5. The second kappa shape index (κ2) is 7.83. The first kappa shape index (κ1) is 17.0. The van der Waals surface area contributed by atoms with E-state index in [1.54, 1.807) is 0 Å². The van der Waals surface area contributed by atoms with Gasteiger partial charge in [-0.1, -0.05) is 18.2 Å². The van der Waals surface area contributed by atoms with E-state index in [4.69, 9.17) is 9.15 Å². The summed E-state index contributed by atoms with van der Waals surface area (Å²) in [5.74, 6) is 1.50. The third-order valence-corrected chi connectivity index (χ3v) is 3.89. The molecule has 1 heterocycles. The smallest absolute Gasteiger partial charge is 0.224 e. The molecule has 1 N–H and O–H groups in total. The zero-order chi connectivity index (χ0) is 17.6.